The second kappa shape index (κ2) is 5.79. The first-order valence-electron chi connectivity index (χ1n) is 5.16. The fourth-order valence-corrected chi connectivity index (χ4v) is 1.23. The smallest absolute Gasteiger partial charge is 0.292 e. The monoisotopic (exact) mass is 277 g/mol. The Kier molecular flexibility index (Phi) is 4.60. The van der Waals surface area contributed by atoms with Crippen LogP contribution in [-0.4, -0.2) is 18.2 Å². The van der Waals surface area contributed by atoms with Crippen molar-refractivity contribution in [3.8, 4) is 0 Å². The minimum absolute atomic E-state index is 0.0328. The maximum Gasteiger partial charge on any atom is 0.419 e. The SMILES string of the molecule is CC(N=Cc1ccc(F)c(C(F)(F)F)c1)C(=O)NN. The third-order valence-electron chi connectivity index (χ3n) is 2.26. The summed E-state index contributed by atoms with van der Waals surface area (Å²) in [6.07, 6.45) is -3.73. The number of aliphatic imine (C=N–C) groups is 1. The van der Waals surface area contributed by atoms with Gasteiger partial charge in [0.1, 0.15) is 11.9 Å². The van der Waals surface area contributed by atoms with Gasteiger partial charge in [0.15, 0.2) is 0 Å². The lowest BCUT2D eigenvalue weighted by atomic mass is 10.1. The molecule has 1 unspecified atom stereocenters. The largest absolute Gasteiger partial charge is 0.419 e. The van der Waals surface area contributed by atoms with E-state index in [2.05, 4.69) is 4.99 Å². The van der Waals surface area contributed by atoms with Crippen LogP contribution in [0, 0.1) is 5.82 Å². The number of nitrogens with zero attached hydrogens (tertiary/aromatic N) is 1. The number of nitrogens with two attached hydrogens (primary N) is 1. The molecule has 3 N–H and O–H groups in total. The molecule has 0 fully saturated rings. The van der Waals surface area contributed by atoms with E-state index >= 15 is 0 Å². The van der Waals surface area contributed by atoms with Crippen molar-refractivity contribution < 1.29 is 22.4 Å². The van der Waals surface area contributed by atoms with Gasteiger partial charge in [0.25, 0.3) is 5.91 Å². The molecule has 1 atom stereocenters. The number of carbonyl (C=O) groups is 1. The highest BCUT2D eigenvalue weighted by Crippen LogP contribution is 2.31. The molecule has 0 saturated heterocycles. The maximum absolute atomic E-state index is 13.0. The van der Waals surface area contributed by atoms with Crippen molar-refractivity contribution in [1.29, 1.82) is 0 Å². The van der Waals surface area contributed by atoms with Crippen LogP contribution >= 0.6 is 0 Å². The summed E-state index contributed by atoms with van der Waals surface area (Å²) in [6, 6.07) is 1.58. The molecular formula is C11H11F4N3O. The summed E-state index contributed by atoms with van der Waals surface area (Å²) in [4.78, 5) is 14.7. The lowest BCUT2D eigenvalue weighted by molar-refractivity contribution is -0.140. The van der Waals surface area contributed by atoms with Gasteiger partial charge in [-0.15, -0.1) is 0 Å². The van der Waals surface area contributed by atoms with E-state index in [4.69, 9.17) is 5.84 Å². The minimum Gasteiger partial charge on any atom is -0.292 e. The Morgan fingerprint density at radius 2 is 2.11 bits per heavy atom. The number of hydrazine groups is 1. The number of nitrogens with one attached hydrogen (secondary N) is 1. The molecule has 19 heavy (non-hydrogen) atoms. The van der Waals surface area contributed by atoms with Crippen LogP contribution in [-0.2, 0) is 11.0 Å². The second-order valence-electron chi connectivity index (χ2n) is 3.70. The zero-order chi connectivity index (χ0) is 14.6. The van der Waals surface area contributed by atoms with Crippen molar-refractivity contribution in [1.82, 2.24) is 5.43 Å². The van der Waals surface area contributed by atoms with Crippen LogP contribution in [0.2, 0.25) is 0 Å². The van der Waals surface area contributed by atoms with Gasteiger partial charge in [-0.2, -0.15) is 13.2 Å². The van der Waals surface area contributed by atoms with Crippen LogP contribution in [0.3, 0.4) is 0 Å². The summed E-state index contributed by atoms with van der Waals surface area (Å²) in [6.45, 7) is 1.41. The van der Waals surface area contributed by atoms with Gasteiger partial charge in [0.05, 0.1) is 5.56 Å². The summed E-state index contributed by atoms with van der Waals surface area (Å²) in [5.74, 6) is 2.92. The Bertz CT molecular complexity index is 499. The van der Waals surface area contributed by atoms with Crippen molar-refractivity contribution in [2.24, 2.45) is 10.8 Å². The van der Waals surface area contributed by atoms with Crippen LogP contribution in [0.25, 0.3) is 0 Å². The van der Waals surface area contributed by atoms with Gasteiger partial charge >= 0.3 is 6.18 Å². The van der Waals surface area contributed by atoms with Crippen molar-refractivity contribution >= 4 is 12.1 Å². The molecule has 1 amide bonds. The van der Waals surface area contributed by atoms with Crippen molar-refractivity contribution in [3.05, 3.63) is 35.1 Å². The number of hydrogen-bond acceptors (Lipinski definition) is 3. The third kappa shape index (κ3) is 4.02. The summed E-state index contributed by atoms with van der Waals surface area (Å²) >= 11 is 0. The van der Waals surface area contributed by atoms with Gasteiger partial charge in [0.2, 0.25) is 0 Å². The highest BCUT2D eigenvalue weighted by atomic mass is 19.4. The van der Waals surface area contributed by atoms with Crippen LogP contribution in [0.5, 0.6) is 0 Å². The summed E-state index contributed by atoms with van der Waals surface area (Å²) in [7, 11) is 0. The zero-order valence-corrected chi connectivity index (χ0v) is 9.83. The van der Waals surface area contributed by atoms with E-state index in [1.807, 2.05) is 5.43 Å². The third-order valence-corrected chi connectivity index (χ3v) is 2.26. The molecule has 8 heteroatoms. The Labute approximate surface area is 106 Å². The fraction of sp³-hybridized carbons (Fsp3) is 0.273. The number of carbonyl (C=O) groups excluding carboxylic acids is 1. The Morgan fingerprint density at radius 3 is 2.63 bits per heavy atom. The predicted molar refractivity (Wildman–Crippen MR) is 60.8 cm³/mol. The van der Waals surface area contributed by atoms with Gasteiger partial charge in [0, 0.05) is 6.21 Å². The van der Waals surface area contributed by atoms with Crippen LogP contribution < -0.4 is 11.3 Å². The number of hydrogen-bond donors (Lipinski definition) is 2. The van der Waals surface area contributed by atoms with E-state index in [1.54, 1.807) is 0 Å². The molecule has 4 nitrogen and oxygen atoms in total. The second-order valence-corrected chi connectivity index (χ2v) is 3.70. The zero-order valence-electron chi connectivity index (χ0n) is 9.83. The number of rotatable bonds is 3. The van der Waals surface area contributed by atoms with Crippen molar-refractivity contribution in [3.63, 3.8) is 0 Å². The van der Waals surface area contributed by atoms with Crippen molar-refractivity contribution in [2.75, 3.05) is 0 Å². The van der Waals surface area contributed by atoms with Crippen LogP contribution in [0.15, 0.2) is 23.2 Å². The Morgan fingerprint density at radius 1 is 1.47 bits per heavy atom. The highest BCUT2D eigenvalue weighted by Gasteiger charge is 2.34. The van der Waals surface area contributed by atoms with Crippen LogP contribution in [0.4, 0.5) is 17.6 Å². The van der Waals surface area contributed by atoms with Gasteiger partial charge in [-0.25, -0.2) is 10.2 Å². The predicted octanol–water partition coefficient (Wildman–Crippen LogP) is 1.64. The van der Waals surface area contributed by atoms with E-state index in [-0.39, 0.29) is 5.56 Å². The summed E-state index contributed by atoms with van der Waals surface area (Å²) in [5.41, 5.74) is 0.504. The summed E-state index contributed by atoms with van der Waals surface area (Å²) in [5, 5.41) is 0. The van der Waals surface area contributed by atoms with Gasteiger partial charge in [-0.05, 0) is 24.6 Å². The molecule has 0 aliphatic rings. The van der Waals surface area contributed by atoms with E-state index in [0.717, 1.165) is 12.3 Å². The Hall–Kier alpha value is -1.96. The van der Waals surface area contributed by atoms with Crippen molar-refractivity contribution in [2.45, 2.75) is 19.1 Å². The van der Waals surface area contributed by atoms with E-state index in [0.29, 0.717) is 12.1 Å². The molecule has 0 heterocycles. The first-order valence-corrected chi connectivity index (χ1v) is 5.16. The lowest BCUT2D eigenvalue weighted by Crippen LogP contribution is -2.36. The first-order chi connectivity index (χ1) is 8.75. The van der Waals surface area contributed by atoms with Gasteiger partial charge in [-0.1, -0.05) is 6.07 Å². The molecule has 1 rings (SSSR count). The molecule has 1 aromatic rings. The molecule has 0 aromatic heterocycles. The normalized spacial score (nSPS) is 13.6. The molecule has 0 bridgehead atoms. The Balaban J connectivity index is 2.98. The molecule has 0 radical (unpaired) electrons. The molecule has 0 aliphatic carbocycles. The summed E-state index contributed by atoms with van der Waals surface area (Å²) < 4.78 is 50.3. The van der Waals surface area contributed by atoms with Gasteiger partial charge in [-0.3, -0.25) is 15.2 Å². The minimum atomic E-state index is -4.78. The first kappa shape index (κ1) is 15.1. The quantitative estimate of drug-likeness (QED) is 0.290. The van der Waals surface area contributed by atoms with E-state index in [1.165, 1.54) is 6.92 Å². The van der Waals surface area contributed by atoms with Gasteiger partial charge < -0.3 is 0 Å². The molecule has 0 saturated carbocycles. The number of halogens is 4. The molecule has 104 valence electrons. The van der Waals surface area contributed by atoms with E-state index in [9.17, 15) is 22.4 Å². The molecule has 0 spiro atoms. The highest BCUT2D eigenvalue weighted by molar-refractivity contribution is 5.86. The average Bonchev–Trinajstić information content (AvgIpc) is 2.35. The molecule has 1 aromatic carbocycles. The van der Waals surface area contributed by atoms with Crippen LogP contribution in [0.1, 0.15) is 18.1 Å². The molecule has 0 aliphatic heterocycles. The number of amides is 1. The fourth-order valence-electron chi connectivity index (χ4n) is 1.23. The van der Waals surface area contributed by atoms with E-state index < -0.39 is 29.5 Å². The lowest BCUT2D eigenvalue weighted by Gasteiger charge is -2.08. The number of alkyl halides is 3. The standard InChI is InChI=1S/C11H11F4N3O/c1-6(10(19)18-16)17-5-7-2-3-9(12)8(4-7)11(13,14)15/h2-6H,16H2,1H3,(H,18,19). The molecular weight excluding hydrogens is 266 g/mol. The maximum atomic E-state index is 13.0. The topological polar surface area (TPSA) is 67.5 Å². The average molecular weight is 277 g/mol. The number of benzene rings is 1.